The average molecular weight is 183 g/mol. The standard InChI is InChI=1S/C5H7ClO5/c1-3(7)4(8)10-2-11-5(6)9/h3,7H,2H2,1H3. The molecule has 0 aromatic carbocycles. The Bertz CT molecular complexity index is 155. The number of halogens is 1. The van der Waals surface area contributed by atoms with Gasteiger partial charge in [-0.15, -0.1) is 0 Å². The molecule has 0 bridgehead atoms. The third-order valence-corrected chi connectivity index (χ3v) is 0.824. The Morgan fingerprint density at radius 3 is 2.45 bits per heavy atom. The first-order valence-corrected chi connectivity index (χ1v) is 3.09. The Kier molecular flexibility index (Phi) is 4.56. The number of ether oxygens (including phenoxy) is 2. The fourth-order valence-corrected chi connectivity index (χ4v) is 0.299. The predicted molar refractivity (Wildman–Crippen MR) is 35.0 cm³/mol. The van der Waals surface area contributed by atoms with Crippen molar-refractivity contribution in [3.63, 3.8) is 0 Å². The van der Waals surface area contributed by atoms with Crippen LogP contribution < -0.4 is 0 Å². The fraction of sp³-hybridized carbons (Fsp3) is 0.600. The minimum Gasteiger partial charge on any atom is -0.426 e. The predicted octanol–water partition coefficient (Wildman–Crippen LogP) is 0.243. The van der Waals surface area contributed by atoms with Crippen LogP contribution >= 0.6 is 11.6 Å². The summed E-state index contributed by atoms with van der Waals surface area (Å²) in [5.41, 5.74) is -1.07. The molecule has 0 aliphatic carbocycles. The van der Waals surface area contributed by atoms with Gasteiger partial charge >= 0.3 is 11.4 Å². The van der Waals surface area contributed by atoms with Crippen molar-refractivity contribution in [2.45, 2.75) is 13.0 Å². The summed E-state index contributed by atoms with van der Waals surface area (Å²) in [4.78, 5) is 20.3. The number of aliphatic hydroxyl groups excluding tert-OH is 1. The first-order chi connectivity index (χ1) is 5.04. The lowest BCUT2D eigenvalue weighted by Crippen LogP contribution is -2.20. The third kappa shape index (κ3) is 5.63. The molecule has 0 aliphatic rings. The van der Waals surface area contributed by atoms with E-state index in [4.69, 9.17) is 16.7 Å². The number of hydrogen-bond donors (Lipinski definition) is 1. The maximum atomic E-state index is 10.4. The van der Waals surface area contributed by atoms with Crippen molar-refractivity contribution < 1.29 is 24.2 Å². The molecular weight excluding hydrogens is 176 g/mol. The topological polar surface area (TPSA) is 72.8 Å². The Labute approximate surface area is 67.8 Å². The third-order valence-electron chi connectivity index (χ3n) is 0.715. The van der Waals surface area contributed by atoms with Crippen molar-refractivity contribution in [3.05, 3.63) is 0 Å². The zero-order valence-corrected chi connectivity index (χ0v) is 6.50. The maximum absolute atomic E-state index is 10.4. The Balaban J connectivity index is 3.39. The SMILES string of the molecule is CC(O)C(=O)OCOC(=O)Cl. The molecule has 0 spiro atoms. The van der Waals surface area contributed by atoms with Crippen molar-refractivity contribution in [2.24, 2.45) is 0 Å². The van der Waals surface area contributed by atoms with Crippen molar-refractivity contribution in [1.82, 2.24) is 0 Å². The zero-order valence-electron chi connectivity index (χ0n) is 5.74. The monoisotopic (exact) mass is 182 g/mol. The van der Waals surface area contributed by atoms with Gasteiger partial charge in [0, 0.05) is 11.6 Å². The summed E-state index contributed by atoms with van der Waals surface area (Å²) in [5.74, 6) is -0.872. The molecule has 0 radical (unpaired) electrons. The van der Waals surface area contributed by atoms with E-state index in [0.29, 0.717) is 0 Å². The zero-order chi connectivity index (χ0) is 8.85. The molecule has 0 fully saturated rings. The molecule has 0 saturated heterocycles. The first-order valence-electron chi connectivity index (χ1n) is 2.71. The highest BCUT2D eigenvalue weighted by atomic mass is 35.5. The van der Waals surface area contributed by atoms with Gasteiger partial charge in [-0.1, -0.05) is 0 Å². The summed E-state index contributed by atoms with van der Waals surface area (Å²) in [6.45, 7) is 0.650. The molecule has 5 nitrogen and oxygen atoms in total. The van der Waals surface area contributed by atoms with E-state index in [-0.39, 0.29) is 0 Å². The van der Waals surface area contributed by atoms with E-state index in [1.807, 2.05) is 0 Å². The highest BCUT2D eigenvalue weighted by Crippen LogP contribution is 1.90. The fourth-order valence-electron chi connectivity index (χ4n) is 0.254. The molecule has 11 heavy (non-hydrogen) atoms. The summed E-state index contributed by atoms with van der Waals surface area (Å²) in [6.07, 6.45) is -1.23. The van der Waals surface area contributed by atoms with Gasteiger partial charge in [0.2, 0.25) is 6.79 Å². The van der Waals surface area contributed by atoms with Gasteiger partial charge in [-0.05, 0) is 6.92 Å². The Hall–Kier alpha value is -0.810. The van der Waals surface area contributed by atoms with Gasteiger partial charge in [0.25, 0.3) is 0 Å². The number of rotatable bonds is 3. The van der Waals surface area contributed by atoms with Crippen LogP contribution in [0.15, 0.2) is 0 Å². The van der Waals surface area contributed by atoms with E-state index in [1.165, 1.54) is 6.92 Å². The van der Waals surface area contributed by atoms with Gasteiger partial charge in [0.15, 0.2) is 0 Å². The molecule has 1 atom stereocenters. The second-order valence-electron chi connectivity index (χ2n) is 1.64. The van der Waals surface area contributed by atoms with Crippen molar-refractivity contribution >= 4 is 23.0 Å². The number of carbonyl (C=O) groups excluding carboxylic acids is 2. The molecule has 64 valence electrons. The number of esters is 1. The van der Waals surface area contributed by atoms with Gasteiger partial charge in [-0.3, -0.25) is 0 Å². The van der Waals surface area contributed by atoms with Crippen LogP contribution in [-0.2, 0) is 14.3 Å². The largest absolute Gasteiger partial charge is 0.426 e. The van der Waals surface area contributed by atoms with E-state index in [0.717, 1.165) is 0 Å². The van der Waals surface area contributed by atoms with E-state index in [1.54, 1.807) is 0 Å². The molecule has 0 aromatic rings. The number of aliphatic hydroxyl groups is 1. The van der Waals surface area contributed by atoms with Gasteiger partial charge < -0.3 is 14.6 Å². The molecule has 0 amide bonds. The summed E-state index contributed by atoms with van der Waals surface area (Å²) in [6, 6.07) is 0. The van der Waals surface area contributed by atoms with Crippen molar-refractivity contribution in [2.75, 3.05) is 6.79 Å². The molecule has 0 rings (SSSR count). The quantitative estimate of drug-likeness (QED) is 0.385. The van der Waals surface area contributed by atoms with Crippen LogP contribution in [0.2, 0.25) is 0 Å². The van der Waals surface area contributed by atoms with Gasteiger partial charge in [0.1, 0.15) is 6.10 Å². The van der Waals surface area contributed by atoms with Crippen LogP contribution in [0.4, 0.5) is 4.79 Å². The summed E-state index contributed by atoms with van der Waals surface area (Å²) in [7, 11) is 0. The van der Waals surface area contributed by atoms with E-state index >= 15 is 0 Å². The summed E-state index contributed by atoms with van der Waals surface area (Å²) >= 11 is 4.73. The van der Waals surface area contributed by atoms with Crippen LogP contribution in [0.25, 0.3) is 0 Å². The molecular formula is C5H7ClO5. The van der Waals surface area contributed by atoms with Gasteiger partial charge in [0.05, 0.1) is 0 Å². The van der Waals surface area contributed by atoms with Crippen molar-refractivity contribution in [1.29, 1.82) is 0 Å². The second kappa shape index (κ2) is 4.92. The van der Waals surface area contributed by atoms with E-state index < -0.39 is 24.3 Å². The molecule has 0 aliphatic heterocycles. The average Bonchev–Trinajstić information content (AvgIpc) is 1.86. The molecule has 6 heteroatoms. The molecule has 0 heterocycles. The molecule has 0 aromatic heterocycles. The summed E-state index contributed by atoms with van der Waals surface area (Å²) in [5, 5.41) is 8.54. The molecule has 0 saturated carbocycles. The normalized spacial score (nSPS) is 11.9. The van der Waals surface area contributed by atoms with Crippen LogP contribution in [-0.4, -0.2) is 29.4 Å². The molecule has 1 unspecified atom stereocenters. The van der Waals surface area contributed by atoms with Crippen molar-refractivity contribution in [3.8, 4) is 0 Å². The van der Waals surface area contributed by atoms with Crippen LogP contribution in [0.3, 0.4) is 0 Å². The number of carbonyl (C=O) groups is 2. The Morgan fingerprint density at radius 2 is 2.09 bits per heavy atom. The highest BCUT2D eigenvalue weighted by Gasteiger charge is 2.09. The maximum Gasteiger partial charge on any atom is 0.406 e. The lowest BCUT2D eigenvalue weighted by atomic mass is 10.4. The second-order valence-corrected chi connectivity index (χ2v) is 1.95. The first kappa shape index (κ1) is 10.2. The van der Waals surface area contributed by atoms with Crippen LogP contribution in [0, 0.1) is 0 Å². The van der Waals surface area contributed by atoms with Gasteiger partial charge in [-0.25, -0.2) is 9.59 Å². The number of hydrogen-bond acceptors (Lipinski definition) is 5. The minimum atomic E-state index is -1.23. The van der Waals surface area contributed by atoms with Crippen LogP contribution in [0.5, 0.6) is 0 Å². The highest BCUT2D eigenvalue weighted by molar-refractivity contribution is 6.61. The molecule has 1 N–H and O–H groups in total. The minimum absolute atomic E-state index is 0.577. The van der Waals surface area contributed by atoms with Gasteiger partial charge in [-0.2, -0.15) is 0 Å². The lowest BCUT2D eigenvalue weighted by Gasteiger charge is -2.04. The Morgan fingerprint density at radius 1 is 1.55 bits per heavy atom. The lowest BCUT2D eigenvalue weighted by molar-refractivity contribution is -0.160. The van der Waals surface area contributed by atoms with E-state index in [2.05, 4.69) is 9.47 Å². The van der Waals surface area contributed by atoms with E-state index in [9.17, 15) is 9.59 Å². The summed E-state index contributed by atoms with van der Waals surface area (Å²) < 4.78 is 8.23. The van der Waals surface area contributed by atoms with Crippen LogP contribution in [0.1, 0.15) is 6.92 Å². The smallest absolute Gasteiger partial charge is 0.406 e.